The molecule has 0 aliphatic heterocycles. The predicted molar refractivity (Wildman–Crippen MR) is 37.6 cm³/mol. The molecule has 0 aromatic heterocycles. The third kappa shape index (κ3) is 11.2. The first kappa shape index (κ1) is 11.3. The zero-order valence-corrected chi connectivity index (χ0v) is 6.44. The van der Waals surface area contributed by atoms with Crippen molar-refractivity contribution >= 4 is 0 Å². The molecule has 1 aromatic rings. The van der Waals surface area contributed by atoms with Gasteiger partial charge < -0.3 is 0 Å². The fourth-order valence-electron chi connectivity index (χ4n) is 0.321. The van der Waals surface area contributed by atoms with Crippen LogP contribution >= 0.6 is 0 Å². The Labute approximate surface area is 67.4 Å². The summed E-state index contributed by atoms with van der Waals surface area (Å²) >= 11 is 0. The number of allylic oxidation sites excluding steroid dienone is 1. The molecule has 0 aliphatic carbocycles. The van der Waals surface area contributed by atoms with Crippen LogP contribution in [0.3, 0.4) is 0 Å². The fourth-order valence-corrected chi connectivity index (χ4v) is 0.321. The molecule has 1 radical (unpaired) electrons. The van der Waals surface area contributed by atoms with Crippen molar-refractivity contribution in [2.75, 3.05) is 0 Å². The molecule has 0 amide bonds. The minimum Gasteiger partial charge on any atom is -0.245 e. The van der Waals surface area contributed by atoms with Crippen molar-refractivity contribution in [2.45, 2.75) is 0 Å². The van der Waals surface area contributed by atoms with E-state index < -0.39 is 0 Å². The molecule has 49 valence electrons. The van der Waals surface area contributed by atoms with Crippen LogP contribution in [-0.4, -0.2) is 0 Å². The van der Waals surface area contributed by atoms with E-state index in [1.54, 1.807) is 0 Å². The van der Waals surface area contributed by atoms with Crippen molar-refractivity contribution < 1.29 is 17.1 Å². The molecule has 0 N–H and O–H groups in total. The Morgan fingerprint density at radius 2 is 1.67 bits per heavy atom. The van der Waals surface area contributed by atoms with Gasteiger partial charge in [-0.05, 0) is 0 Å². The van der Waals surface area contributed by atoms with Crippen LogP contribution in [0.15, 0.2) is 43.0 Å². The maximum absolute atomic E-state index is 3.25. The SMILES string of the molecule is C=C[CH2-].[Mn+2].c1cc[cH-]c1. The minimum atomic E-state index is 0. The average molecular weight is 161 g/mol. The van der Waals surface area contributed by atoms with E-state index in [1.165, 1.54) is 6.08 Å². The smallest absolute Gasteiger partial charge is 0.245 e. The van der Waals surface area contributed by atoms with Crippen LogP contribution in [0.5, 0.6) is 0 Å². The van der Waals surface area contributed by atoms with E-state index in [2.05, 4.69) is 13.5 Å². The van der Waals surface area contributed by atoms with E-state index in [-0.39, 0.29) is 17.1 Å². The van der Waals surface area contributed by atoms with E-state index >= 15 is 0 Å². The first-order valence-electron chi connectivity index (χ1n) is 2.48. The van der Waals surface area contributed by atoms with Crippen molar-refractivity contribution in [1.82, 2.24) is 0 Å². The van der Waals surface area contributed by atoms with Gasteiger partial charge >= 0.3 is 17.1 Å². The van der Waals surface area contributed by atoms with Crippen LogP contribution in [0.25, 0.3) is 0 Å². The molecule has 0 spiro atoms. The van der Waals surface area contributed by atoms with E-state index in [4.69, 9.17) is 0 Å². The van der Waals surface area contributed by atoms with Crippen LogP contribution in [0, 0.1) is 6.92 Å². The molecular weight excluding hydrogens is 151 g/mol. The topological polar surface area (TPSA) is 0 Å². The number of hydrogen-bond acceptors (Lipinski definition) is 0. The van der Waals surface area contributed by atoms with Crippen LogP contribution < -0.4 is 0 Å². The fraction of sp³-hybridized carbons (Fsp3) is 0. The first-order chi connectivity index (χ1) is 3.91. The van der Waals surface area contributed by atoms with E-state index in [9.17, 15) is 0 Å². The molecular formula is C8H10Mn. The first-order valence-corrected chi connectivity index (χ1v) is 2.48. The van der Waals surface area contributed by atoms with Gasteiger partial charge in [0.05, 0.1) is 0 Å². The molecule has 0 saturated carbocycles. The summed E-state index contributed by atoms with van der Waals surface area (Å²) in [4.78, 5) is 0. The summed E-state index contributed by atoms with van der Waals surface area (Å²) in [5.41, 5.74) is 0. The molecule has 0 atom stereocenters. The van der Waals surface area contributed by atoms with Crippen molar-refractivity contribution in [1.29, 1.82) is 0 Å². The summed E-state index contributed by atoms with van der Waals surface area (Å²) < 4.78 is 0. The van der Waals surface area contributed by atoms with Crippen LogP contribution in [-0.2, 0) is 17.1 Å². The van der Waals surface area contributed by atoms with Crippen LogP contribution in [0.2, 0.25) is 0 Å². The zero-order valence-electron chi connectivity index (χ0n) is 5.26. The Morgan fingerprint density at radius 1 is 1.33 bits per heavy atom. The van der Waals surface area contributed by atoms with Crippen molar-refractivity contribution in [3.05, 3.63) is 49.9 Å². The van der Waals surface area contributed by atoms with Gasteiger partial charge in [0.2, 0.25) is 0 Å². The Hall–Kier alpha value is -0.521. The summed E-state index contributed by atoms with van der Waals surface area (Å²) in [6.45, 7) is 6.50. The molecule has 0 saturated heterocycles. The van der Waals surface area contributed by atoms with Gasteiger partial charge in [0.1, 0.15) is 0 Å². The Bertz CT molecular complexity index is 90.9. The van der Waals surface area contributed by atoms with Gasteiger partial charge in [0.15, 0.2) is 0 Å². The summed E-state index contributed by atoms with van der Waals surface area (Å²) in [5, 5.41) is 0. The van der Waals surface area contributed by atoms with Crippen molar-refractivity contribution in [3.63, 3.8) is 0 Å². The Kier molecular flexibility index (Phi) is 13.1. The molecule has 0 unspecified atom stereocenters. The minimum absolute atomic E-state index is 0. The maximum Gasteiger partial charge on any atom is 2.00 e. The maximum atomic E-state index is 3.25. The van der Waals surface area contributed by atoms with Gasteiger partial charge in [0, 0.05) is 0 Å². The Morgan fingerprint density at radius 3 is 1.78 bits per heavy atom. The van der Waals surface area contributed by atoms with Gasteiger partial charge in [-0.1, -0.05) is 0 Å². The van der Waals surface area contributed by atoms with Gasteiger partial charge in [-0.15, -0.1) is 0 Å². The monoisotopic (exact) mass is 161 g/mol. The van der Waals surface area contributed by atoms with Gasteiger partial charge in [-0.25, -0.2) is 31.7 Å². The van der Waals surface area contributed by atoms with Crippen molar-refractivity contribution in [2.24, 2.45) is 0 Å². The van der Waals surface area contributed by atoms with E-state index in [0.29, 0.717) is 0 Å². The average Bonchev–Trinajstić information content (AvgIpc) is 2.17. The summed E-state index contributed by atoms with van der Waals surface area (Å²) in [6, 6.07) is 10.0. The molecule has 0 aliphatic rings. The summed E-state index contributed by atoms with van der Waals surface area (Å²) in [7, 11) is 0. The quantitative estimate of drug-likeness (QED) is 0.405. The van der Waals surface area contributed by atoms with Gasteiger partial charge in [0.25, 0.3) is 0 Å². The van der Waals surface area contributed by atoms with Crippen molar-refractivity contribution in [3.8, 4) is 0 Å². The second-order valence-electron chi connectivity index (χ2n) is 1.25. The molecule has 0 fully saturated rings. The molecule has 0 nitrogen and oxygen atoms in total. The molecule has 1 rings (SSSR count). The largest absolute Gasteiger partial charge is 2.00 e. The predicted octanol–water partition coefficient (Wildman–Crippen LogP) is 2.41. The molecule has 1 heteroatoms. The second kappa shape index (κ2) is 10.5. The normalized spacial score (nSPS) is 5.78. The van der Waals surface area contributed by atoms with E-state index in [0.717, 1.165) is 0 Å². The number of rotatable bonds is 0. The van der Waals surface area contributed by atoms with Crippen LogP contribution in [0.1, 0.15) is 0 Å². The Balaban J connectivity index is 0. The molecule has 0 heterocycles. The third-order valence-electron chi connectivity index (χ3n) is 0.556. The second-order valence-corrected chi connectivity index (χ2v) is 1.25. The van der Waals surface area contributed by atoms with Crippen LogP contribution in [0.4, 0.5) is 0 Å². The molecule has 9 heavy (non-hydrogen) atoms. The standard InChI is InChI=1S/C5H5.C3H5.Mn/c1-2-4-5-3-1;1-3-2;/h1-5H;3H,1-2H2;/q2*-1;+2. The molecule has 0 bridgehead atoms. The molecule has 1 aromatic carbocycles. The summed E-state index contributed by atoms with van der Waals surface area (Å²) in [6.07, 6.45) is 1.50. The third-order valence-corrected chi connectivity index (χ3v) is 0.556. The van der Waals surface area contributed by atoms with Gasteiger partial charge in [-0.3, -0.25) is 0 Å². The summed E-state index contributed by atoms with van der Waals surface area (Å²) in [5.74, 6) is 0. The van der Waals surface area contributed by atoms with Gasteiger partial charge in [-0.2, -0.15) is 18.2 Å². The number of hydrogen-bond donors (Lipinski definition) is 0. The van der Waals surface area contributed by atoms with E-state index in [1.807, 2.05) is 30.3 Å². The zero-order chi connectivity index (χ0) is 6.24.